The molecule has 124 valence electrons. The van der Waals surface area contributed by atoms with Crippen LogP contribution in [0.25, 0.3) is 0 Å². The molecule has 1 saturated heterocycles. The summed E-state index contributed by atoms with van der Waals surface area (Å²) in [5.74, 6) is 0.0978. The Balaban J connectivity index is 2.02. The molecule has 0 saturated carbocycles. The molecule has 1 aromatic carbocycles. The lowest BCUT2D eigenvalue weighted by Crippen LogP contribution is -2.47. The second kappa shape index (κ2) is 5.99. The summed E-state index contributed by atoms with van der Waals surface area (Å²) >= 11 is 0. The SMILES string of the molecule is Cc1noc([C@@H]2[C@@H](C)OCCN2S(=O)(=O)c2ccc(F)cc2)n1. The van der Waals surface area contributed by atoms with Gasteiger partial charge in [0.05, 0.1) is 17.6 Å². The molecule has 0 unspecified atom stereocenters. The van der Waals surface area contributed by atoms with Gasteiger partial charge in [0.15, 0.2) is 5.82 Å². The smallest absolute Gasteiger partial charge is 0.247 e. The first kappa shape index (κ1) is 16.0. The van der Waals surface area contributed by atoms with E-state index in [1.807, 2.05) is 0 Å². The van der Waals surface area contributed by atoms with Gasteiger partial charge in [0.25, 0.3) is 0 Å². The van der Waals surface area contributed by atoms with Crippen LogP contribution in [0.3, 0.4) is 0 Å². The molecule has 2 aromatic rings. The highest BCUT2D eigenvalue weighted by molar-refractivity contribution is 7.89. The second-order valence-electron chi connectivity index (χ2n) is 5.27. The minimum Gasteiger partial charge on any atom is -0.375 e. The summed E-state index contributed by atoms with van der Waals surface area (Å²) in [6.07, 6.45) is -0.446. The van der Waals surface area contributed by atoms with Gasteiger partial charge in [-0.2, -0.15) is 9.29 Å². The summed E-state index contributed by atoms with van der Waals surface area (Å²) in [6, 6.07) is 3.98. The molecule has 1 aromatic heterocycles. The van der Waals surface area contributed by atoms with E-state index in [1.54, 1.807) is 13.8 Å². The molecule has 0 aliphatic carbocycles. The summed E-state index contributed by atoms with van der Waals surface area (Å²) in [4.78, 5) is 4.14. The quantitative estimate of drug-likeness (QED) is 0.844. The Hall–Kier alpha value is -1.84. The average molecular weight is 341 g/mol. The Morgan fingerprint density at radius 2 is 2.00 bits per heavy atom. The second-order valence-corrected chi connectivity index (χ2v) is 7.16. The molecule has 0 N–H and O–H groups in total. The number of ether oxygens (including phenoxy) is 1. The first-order valence-electron chi connectivity index (χ1n) is 7.09. The molecular weight excluding hydrogens is 325 g/mol. The van der Waals surface area contributed by atoms with Crippen molar-refractivity contribution in [3.05, 3.63) is 41.8 Å². The topological polar surface area (TPSA) is 85.5 Å². The molecular formula is C14H16FN3O4S. The normalized spacial score (nSPS) is 23.1. The number of aromatic nitrogens is 2. The third-order valence-corrected chi connectivity index (χ3v) is 5.56. The molecule has 1 fully saturated rings. The van der Waals surface area contributed by atoms with Crippen LogP contribution in [0.15, 0.2) is 33.7 Å². The van der Waals surface area contributed by atoms with Gasteiger partial charge < -0.3 is 9.26 Å². The lowest BCUT2D eigenvalue weighted by Gasteiger charge is -2.36. The summed E-state index contributed by atoms with van der Waals surface area (Å²) < 4.78 is 50.8. The zero-order valence-corrected chi connectivity index (χ0v) is 13.5. The molecule has 23 heavy (non-hydrogen) atoms. The van der Waals surface area contributed by atoms with Gasteiger partial charge >= 0.3 is 0 Å². The Labute approximate surface area is 133 Å². The highest BCUT2D eigenvalue weighted by atomic mass is 32.2. The number of benzene rings is 1. The van der Waals surface area contributed by atoms with E-state index in [2.05, 4.69) is 10.1 Å². The van der Waals surface area contributed by atoms with Crippen molar-refractivity contribution in [2.24, 2.45) is 0 Å². The Kier molecular flexibility index (Phi) is 4.17. The zero-order chi connectivity index (χ0) is 16.6. The number of rotatable bonds is 3. The number of hydrogen-bond acceptors (Lipinski definition) is 6. The average Bonchev–Trinajstić information content (AvgIpc) is 2.93. The largest absolute Gasteiger partial charge is 0.375 e. The van der Waals surface area contributed by atoms with Crippen LogP contribution in [0.2, 0.25) is 0 Å². The van der Waals surface area contributed by atoms with E-state index < -0.39 is 28.0 Å². The predicted molar refractivity (Wildman–Crippen MR) is 77.5 cm³/mol. The molecule has 1 aliphatic heterocycles. The standard InChI is InChI=1S/C14H16FN3O4S/c1-9-13(14-16-10(2)17-22-14)18(7-8-21-9)23(19,20)12-5-3-11(15)4-6-12/h3-6,9,13H,7-8H2,1-2H3/t9-,13+/m1/s1. The van der Waals surface area contributed by atoms with E-state index in [9.17, 15) is 12.8 Å². The van der Waals surface area contributed by atoms with Crippen LogP contribution in [0.4, 0.5) is 4.39 Å². The van der Waals surface area contributed by atoms with Gasteiger partial charge in [-0.1, -0.05) is 5.16 Å². The van der Waals surface area contributed by atoms with Crippen molar-refractivity contribution in [1.82, 2.24) is 14.4 Å². The summed E-state index contributed by atoms with van der Waals surface area (Å²) in [5, 5.41) is 3.71. The van der Waals surface area contributed by atoms with Gasteiger partial charge in [-0.25, -0.2) is 12.8 Å². The van der Waals surface area contributed by atoms with Crippen LogP contribution in [0.1, 0.15) is 24.7 Å². The Morgan fingerprint density at radius 3 is 2.61 bits per heavy atom. The highest BCUT2D eigenvalue weighted by Crippen LogP contribution is 2.33. The molecule has 2 heterocycles. The predicted octanol–water partition coefficient (Wildman–Crippen LogP) is 1.67. The maximum Gasteiger partial charge on any atom is 0.247 e. The van der Waals surface area contributed by atoms with Gasteiger partial charge in [-0.15, -0.1) is 0 Å². The van der Waals surface area contributed by atoms with Crippen LogP contribution < -0.4 is 0 Å². The molecule has 9 heteroatoms. The monoisotopic (exact) mass is 341 g/mol. The van der Waals surface area contributed by atoms with Crippen molar-refractivity contribution in [2.45, 2.75) is 30.9 Å². The van der Waals surface area contributed by atoms with Crippen LogP contribution in [0, 0.1) is 12.7 Å². The molecule has 0 radical (unpaired) electrons. The van der Waals surface area contributed by atoms with E-state index in [1.165, 1.54) is 16.4 Å². The van der Waals surface area contributed by atoms with Gasteiger partial charge in [0, 0.05) is 6.54 Å². The number of morpholine rings is 1. The Morgan fingerprint density at radius 1 is 1.30 bits per heavy atom. The van der Waals surface area contributed by atoms with Crippen molar-refractivity contribution < 1.29 is 22.1 Å². The van der Waals surface area contributed by atoms with Crippen molar-refractivity contribution in [3.8, 4) is 0 Å². The van der Waals surface area contributed by atoms with E-state index >= 15 is 0 Å². The fourth-order valence-corrected chi connectivity index (χ4v) is 4.19. The van der Waals surface area contributed by atoms with Crippen LogP contribution in [0.5, 0.6) is 0 Å². The molecule has 3 rings (SSSR count). The summed E-state index contributed by atoms with van der Waals surface area (Å²) in [7, 11) is -3.84. The fraction of sp³-hybridized carbons (Fsp3) is 0.429. The minimum absolute atomic E-state index is 0.00855. The molecule has 0 spiro atoms. The maximum atomic E-state index is 13.1. The Bertz CT molecular complexity index is 791. The third-order valence-electron chi connectivity index (χ3n) is 3.66. The summed E-state index contributed by atoms with van der Waals surface area (Å²) in [5.41, 5.74) is 0. The first-order valence-corrected chi connectivity index (χ1v) is 8.53. The van der Waals surface area contributed by atoms with Crippen LogP contribution in [-0.2, 0) is 14.8 Å². The number of aryl methyl sites for hydroxylation is 1. The molecule has 0 amide bonds. The van der Waals surface area contributed by atoms with E-state index in [-0.39, 0.29) is 23.9 Å². The lowest BCUT2D eigenvalue weighted by atomic mass is 10.1. The van der Waals surface area contributed by atoms with E-state index in [4.69, 9.17) is 9.26 Å². The van der Waals surface area contributed by atoms with E-state index in [0.717, 1.165) is 12.1 Å². The molecule has 2 atom stereocenters. The van der Waals surface area contributed by atoms with Crippen LogP contribution in [-0.4, -0.2) is 42.1 Å². The van der Waals surface area contributed by atoms with Crippen molar-refractivity contribution in [1.29, 1.82) is 0 Å². The number of nitrogens with zero attached hydrogens (tertiary/aromatic N) is 3. The van der Waals surface area contributed by atoms with Gasteiger partial charge in [0.1, 0.15) is 11.9 Å². The third kappa shape index (κ3) is 2.99. The fourth-order valence-electron chi connectivity index (χ4n) is 2.56. The lowest BCUT2D eigenvalue weighted by molar-refractivity contribution is -0.0401. The highest BCUT2D eigenvalue weighted by Gasteiger charge is 2.42. The van der Waals surface area contributed by atoms with Crippen molar-refractivity contribution in [2.75, 3.05) is 13.2 Å². The molecule has 7 nitrogen and oxygen atoms in total. The van der Waals surface area contributed by atoms with Crippen LogP contribution >= 0.6 is 0 Å². The summed E-state index contributed by atoms with van der Waals surface area (Å²) in [6.45, 7) is 3.80. The van der Waals surface area contributed by atoms with Gasteiger partial charge in [-0.05, 0) is 38.1 Å². The van der Waals surface area contributed by atoms with Crippen molar-refractivity contribution in [3.63, 3.8) is 0 Å². The molecule has 1 aliphatic rings. The molecule has 0 bridgehead atoms. The number of sulfonamides is 1. The first-order chi connectivity index (χ1) is 10.9. The van der Waals surface area contributed by atoms with Crippen molar-refractivity contribution >= 4 is 10.0 Å². The van der Waals surface area contributed by atoms with E-state index in [0.29, 0.717) is 5.82 Å². The van der Waals surface area contributed by atoms with Gasteiger partial charge in [0.2, 0.25) is 15.9 Å². The number of hydrogen-bond donors (Lipinski definition) is 0. The minimum atomic E-state index is -3.84. The number of halogens is 1. The van der Waals surface area contributed by atoms with Gasteiger partial charge in [-0.3, -0.25) is 0 Å². The maximum absolute atomic E-state index is 13.1. The zero-order valence-electron chi connectivity index (χ0n) is 12.6.